The highest BCUT2D eigenvalue weighted by Crippen LogP contribution is 2.47. The van der Waals surface area contributed by atoms with Crippen LogP contribution in [0.25, 0.3) is 32.1 Å². The minimum absolute atomic E-state index is 0.0152. The lowest BCUT2D eigenvalue weighted by atomic mass is 9.95. The summed E-state index contributed by atoms with van der Waals surface area (Å²) in [6, 6.07) is 5.98. The van der Waals surface area contributed by atoms with Gasteiger partial charge in [0.05, 0.1) is 39.6 Å². The van der Waals surface area contributed by atoms with Crippen molar-refractivity contribution in [1.82, 2.24) is 34.5 Å². The van der Waals surface area contributed by atoms with E-state index in [4.69, 9.17) is 31.8 Å². The number of nitrogens with zero attached hydrogens (tertiary/aromatic N) is 9. The SMILES string of the molecule is Cc1ncn(C(=O)N2CCOCC23CCN(c2nc(OCC45CCCN4CCC5)nc4c(F)c(-c5ccc(F)c6sc(N)c(C#N)c56)c(Cl)cc24)C3)n1. The zero-order chi connectivity index (χ0) is 36.6. The molecule has 274 valence electrons. The van der Waals surface area contributed by atoms with Crippen molar-refractivity contribution >= 4 is 60.8 Å². The number of hydrogen-bond donors (Lipinski definition) is 1. The number of thiophene rings is 1. The van der Waals surface area contributed by atoms with Crippen LogP contribution in [0.1, 0.15) is 43.5 Å². The molecule has 1 amide bonds. The molecule has 17 heteroatoms. The highest BCUT2D eigenvalue weighted by atomic mass is 35.5. The third kappa shape index (κ3) is 5.38. The van der Waals surface area contributed by atoms with Crippen LogP contribution in [0.15, 0.2) is 24.5 Å². The summed E-state index contributed by atoms with van der Waals surface area (Å²) in [4.78, 5) is 33.7. The molecule has 9 rings (SSSR count). The molecule has 1 unspecified atom stereocenters. The van der Waals surface area contributed by atoms with Crippen LogP contribution in [0, 0.1) is 29.9 Å². The van der Waals surface area contributed by atoms with Gasteiger partial charge in [0.2, 0.25) is 0 Å². The Bertz CT molecular complexity index is 2350. The molecule has 4 aliphatic heterocycles. The predicted molar refractivity (Wildman–Crippen MR) is 195 cm³/mol. The molecule has 4 aliphatic rings. The summed E-state index contributed by atoms with van der Waals surface area (Å²) in [5.41, 5.74) is 5.47. The Balaban J connectivity index is 1.16. The van der Waals surface area contributed by atoms with Crippen molar-refractivity contribution in [2.24, 2.45) is 0 Å². The zero-order valence-electron chi connectivity index (χ0n) is 28.9. The van der Waals surface area contributed by atoms with Gasteiger partial charge in [-0.3, -0.25) is 4.90 Å². The van der Waals surface area contributed by atoms with Gasteiger partial charge in [0, 0.05) is 36.0 Å². The first-order chi connectivity index (χ1) is 25.6. The summed E-state index contributed by atoms with van der Waals surface area (Å²) < 4.78 is 46.0. The minimum atomic E-state index is -0.766. The van der Waals surface area contributed by atoms with E-state index in [1.54, 1.807) is 17.9 Å². The third-order valence-corrected chi connectivity index (χ3v) is 12.7. The number of carbonyl (C=O) groups excluding carboxylic acids is 1. The van der Waals surface area contributed by atoms with Gasteiger partial charge in [-0.25, -0.2) is 18.6 Å². The lowest BCUT2D eigenvalue weighted by Crippen LogP contribution is -2.61. The lowest BCUT2D eigenvalue weighted by Gasteiger charge is -2.43. The Hall–Kier alpha value is -4.69. The van der Waals surface area contributed by atoms with Gasteiger partial charge in [-0.1, -0.05) is 17.7 Å². The first-order valence-electron chi connectivity index (χ1n) is 17.6. The Morgan fingerprint density at radius 2 is 1.98 bits per heavy atom. The number of amides is 1. The number of nitrogens with two attached hydrogens (primary N) is 1. The molecule has 0 bridgehead atoms. The van der Waals surface area contributed by atoms with Gasteiger partial charge in [-0.2, -0.15) is 19.9 Å². The number of morpholine rings is 1. The summed E-state index contributed by atoms with van der Waals surface area (Å²) in [6.45, 7) is 5.91. The van der Waals surface area contributed by atoms with Crippen molar-refractivity contribution in [2.45, 2.75) is 50.1 Å². The molecule has 13 nitrogen and oxygen atoms in total. The number of halogens is 3. The number of aromatic nitrogens is 5. The molecule has 0 saturated carbocycles. The number of carbonyl (C=O) groups is 1. The van der Waals surface area contributed by atoms with Crippen molar-refractivity contribution in [1.29, 1.82) is 5.26 Å². The van der Waals surface area contributed by atoms with Gasteiger partial charge in [-0.05, 0) is 69.8 Å². The minimum Gasteiger partial charge on any atom is -0.461 e. The molecule has 0 aliphatic carbocycles. The van der Waals surface area contributed by atoms with Gasteiger partial charge < -0.3 is 25.0 Å². The Labute approximate surface area is 311 Å². The van der Waals surface area contributed by atoms with E-state index in [1.807, 2.05) is 11.0 Å². The Morgan fingerprint density at radius 3 is 2.74 bits per heavy atom. The number of nitrogen functional groups attached to an aromatic ring is 1. The molecule has 0 radical (unpaired) electrons. The fourth-order valence-electron chi connectivity index (χ4n) is 8.85. The topological polar surface area (TPSA) is 152 Å². The maximum Gasteiger partial charge on any atom is 0.346 e. The molecule has 53 heavy (non-hydrogen) atoms. The third-order valence-electron chi connectivity index (χ3n) is 11.4. The van der Waals surface area contributed by atoms with E-state index in [1.165, 1.54) is 23.1 Å². The quantitative estimate of drug-likeness (QED) is 0.233. The Kier molecular flexibility index (Phi) is 8.18. The molecule has 2 N–H and O–H groups in total. The van der Waals surface area contributed by atoms with E-state index < -0.39 is 17.2 Å². The first-order valence-corrected chi connectivity index (χ1v) is 18.8. The number of rotatable bonds is 5. The zero-order valence-corrected chi connectivity index (χ0v) is 30.4. The van der Waals surface area contributed by atoms with E-state index in [0.29, 0.717) is 62.9 Å². The van der Waals surface area contributed by atoms with Gasteiger partial charge in [0.25, 0.3) is 0 Å². The van der Waals surface area contributed by atoms with Crippen molar-refractivity contribution in [2.75, 3.05) is 63.2 Å². The number of nitriles is 1. The highest BCUT2D eigenvalue weighted by molar-refractivity contribution is 7.23. The fourth-order valence-corrected chi connectivity index (χ4v) is 10.1. The van der Waals surface area contributed by atoms with Gasteiger partial charge >= 0.3 is 12.0 Å². The van der Waals surface area contributed by atoms with Crippen LogP contribution in [-0.2, 0) is 4.74 Å². The number of aryl methyl sites for hydroxylation is 1. The summed E-state index contributed by atoms with van der Waals surface area (Å²) in [5.74, 6) is -0.458. The van der Waals surface area contributed by atoms with Gasteiger partial charge in [0.1, 0.15) is 47.0 Å². The molecule has 4 fully saturated rings. The van der Waals surface area contributed by atoms with Gasteiger partial charge in [0.15, 0.2) is 5.82 Å². The van der Waals surface area contributed by atoms with Crippen LogP contribution in [0.4, 0.5) is 24.4 Å². The van der Waals surface area contributed by atoms with E-state index >= 15 is 8.78 Å². The maximum absolute atomic E-state index is 17.2. The summed E-state index contributed by atoms with van der Waals surface area (Å²) in [7, 11) is 0. The second-order valence-electron chi connectivity index (χ2n) is 14.4. The van der Waals surface area contributed by atoms with Crippen LogP contribution < -0.4 is 15.4 Å². The Morgan fingerprint density at radius 1 is 1.17 bits per heavy atom. The molecule has 3 aromatic heterocycles. The first kappa shape index (κ1) is 34.1. The summed E-state index contributed by atoms with van der Waals surface area (Å²) in [5, 5.41) is 14.9. The fraction of sp³-hybridized carbons (Fsp3) is 0.444. The van der Waals surface area contributed by atoms with Crippen LogP contribution in [0.5, 0.6) is 6.01 Å². The predicted octanol–water partition coefficient (Wildman–Crippen LogP) is 5.75. The molecule has 1 atom stereocenters. The molecule has 2 aromatic carbocycles. The normalized spacial score (nSPS) is 21.3. The standard InChI is InChI=1S/C36H35ClF2N10O3S/c1-20-42-19-49(45-20)34(50)48-12-13-51-17-36(48)8-11-46(16-36)32-22-14-24(37)27(21-4-5-25(38)30-26(21)23(15-40)31(41)53-30)28(39)29(22)43-33(44-32)52-18-35-6-2-9-47(35)10-3-7-35/h4-5,14,19H,2-3,6-13,16-18,41H2,1H3. The molecular weight excluding hydrogens is 726 g/mol. The maximum atomic E-state index is 17.2. The second kappa shape index (κ2) is 12.7. The monoisotopic (exact) mass is 760 g/mol. The lowest BCUT2D eigenvalue weighted by molar-refractivity contribution is -0.0354. The molecule has 7 heterocycles. The van der Waals surface area contributed by atoms with Crippen LogP contribution >= 0.6 is 22.9 Å². The average molecular weight is 761 g/mol. The number of hydrogen-bond acceptors (Lipinski definition) is 12. The van der Waals surface area contributed by atoms with Crippen molar-refractivity contribution in [3.8, 4) is 23.2 Å². The number of benzene rings is 2. The van der Waals surface area contributed by atoms with Crippen LogP contribution in [-0.4, -0.2) is 104 Å². The molecule has 1 spiro atoms. The second-order valence-corrected chi connectivity index (χ2v) is 15.8. The largest absolute Gasteiger partial charge is 0.461 e. The molecular formula is C36H35ClF2N10O3S. The summed E-state index contributed by atoms with van der Waals surface area (Å²) in [6.07, 6.45) is 6.11. The molecule has 5 aromatic rings. The van der Waals surface area contributed by atoms with Crippen LogP contribution in [0.3, 0.4) is 0 Å². The van der Waals surface area contributed by atoms with E-state index in [9.17, 15) is 10.1 Å². The van der Waals surface area contributed by atoms with E-state index in [-0.39, 0.29) is 59.9 Å². The summed E-state index contributed by atoms with van der Waals surface area (Å²) >= 11 is 7.87. The molecule has 4 saturated heterocycles. The smallest absolute Gasteiger partial charge is 0.346 e. The van der Waals surface area contributed by atoms with Crippen molar-refractivity contribution in [3.63, 3.8) is 0 Å². The number of anilines is 2. The van der Waals surface area contributed by atoms with Crippen molar-refractivity contribution < 1.29 is 23.0 Å². The highest BCUT2D eigenvalue weighted by Gasteiger charge is 2.49. The van der Waals surface area contributed by atoms with Gasteiger partial charge in [-0.15, -0.1) is 16.4 Å². The van der Waals surface area contributed by atoms with Crippen LogP contribution in [0.2, 0.25) is 5.02 Å². The van der Waals surface area contributed by atoms with E-state index in [0.717, 1.165) is 50.1 Å². The average Bonchev–Trinajstić information content (AvgIpc) is 3.98. The number of fused-ring (bicyclic) bond motifs is 3. The van der Waals surface area contributed by atoms with E-state index in [2.05, 4.69) is 20.0 Å². The van der Waals surface area contributed by atoms with Crippen molar-refractivity contribution in [3.05, 3.63) is 52.6 Å². The number of ether oxygens (including phenoxy) is 2.